The van der Waals surface area contributed by atoms with Crippen LogP contribution < -0.4 is 19.7 Å². The van der Waals surface area contributed by atoms with Gasteiger partial charge in [0.15, 0.2) is 0 Å². The van der Waals surface area contributed by atoms with E-state index in [1.165, 1.54) is 0 Å². The van der Waals surface area contributed by atoms with Gasteiger partial charge in [-0.3, -0.25) is 14.5 Å². The van der Waals surface area contributed by atoms with Crippen molar-refractivity contribution in [3.05, 3.63) is 18.2 Å². The molecule has 1 aromatic rings. The van der Waals surface area contributed by atoms with Crippen molar-refractivity contribution in [2.75, 3.05) is 38.4 Å². The summed E-state index contributed by atoms with van der Waals surface area (Å²) in [6.45, 7) is 7.33. The van der Waals surface area contributed by atoms with Gasteiger partial charge in [-0.2, -0.15) is 0 Å². The Morgan fingerprint density at radius 1 is 1.27 bits per heavy atom. The number of benzene rings is 1. The molecular formula is C19H28N2O5. The van der Waals surface area contributed by atoms with E-state index in [1.807, 2.05) is 13.8 Å². The number of hydrogen-bond acceptors (Lipinski definition) is 5. The molecule has 1 aliphatic rings. The average Bonchev–Trinajstić information content (AvgIpc) is 2.93. The summed E-state index contributed by atoms with van der Waals surface area (Å²) in [6, 6.07) is 5.34. The number of ether oxygens (including phenoxy) is 3. The molecule has 1 heterocycles. The smallest absolute Gasteiger partial charge is 0.246 e. The van der Waals surface area contributed by atoms with Gasteiger partial charge < -0.3 is 19.5 Å². The number of carbonyl (C=O) groups is 2. The summed E-state index contributed by atoms with van der Waals surface area (Å²) in [6.07, 6.45) is 0.744. The third-order valence-corrected chi connectivity index (χ3v) is 4.43. The fourth-order valence-electron chi connectivity index (χ4n) is 3.13. The molecule has 1 N–H and O–H groups in total. The molecule has 26 heavy (non-hydrogen) atoms. The van der Waals surface area contributed by atoms with Crippen molar-refractivity contribution in [3.63, 3.8) is 0 Å². The topological polar surface area (TPSA) is 77.1 Å². The van der Waals surface area contributed by atoms with Crippen LogP contribution in [-0.4, -0.2) is 50.8 Å². The third kappa shape index (κ3) is 4.09. The van der Waals surface area contributed by atoms with Gasteiger partial charge in [0.1, 0.15) is 17.0 Å². The van der Waals surface area contributed by atoms with Crippen LogP contribution >= 0.6 is 0 Å². The molecule has 0 aliphatic carbocycles. The van der Waals surface area contributed by atoms with Crippen LogP contribution in [0.4, 0.5) is 5.69 Å². The lowest BCUT2D eigenvalue weighted by Gasteiger charge is -2.35. The average molecular weight is 364 g/mol. The lowest BCUT2D eigenvalue weighted by molar-refractivity contribution is -0.127. The van der Waals surface area contributed by atoms with Gasteiger partial charge in [-0.1, -0.05) is 0 Å². The van der Waals surface area contributed by atoms with Gasteiger partial charge in [-0.05, 0) is 39.3 Å². The fourth-order valence-corrected chi connectivity index (χ4v) is 3.13. The standard InChI is InChI=1S/C19H28N2O5/c1-5-25-14-7-8-16(26-6-2)15(13-14)21-17(22)9-10-19(21,3)18(23)20-11-12-24-4/h7-8,13H,5-6,9-12H2,1-4H3,(H,20,23)/t19-/m0/s1. The first-order valence-electron chi connectivity index (χ1n) is 8.97. The first-order chi connectivity index (χ1) is 12.5. The molecule has 2 amide bonds. The van der Waals surface area contributed by atoms with Crippen LogP contribution in [0.1, 0.15) is 33.6 Å². The number of methoxy groups -OCH3 is 1. The molecular weight excluding hydrogens is 336 g/mol. The van der Waals surface area contributed by atoms with E-state index < -0.39 is 5.54 Å². The van der Waals surface area contributed by atoms with Crippen LogP contribution in [0.2, 0.25) is 0 Å². The Hall–Kier alpha value is -2.28. The van der Waals surface area contributed by atoms with Gasteiger partial charge in [0.05, 0.1) is 25.5 Å². The van der Waals surface area contributed by atoms with E-state index in [0.717, 1.165) is 0 Å². The highest BCUT2D eigenvalue weighted by molar-refractivity contribution is 6.07. The van der Waals surface area contributed by atoms with Gasteiger partial charge in [-0.15, -0.1) is 0 Å². The van der Waals surface area contributed by atoms with Crippen LogP contribution in [0.5, 0.6) is 11.5 Å². The molecule has 0 bridgehead atoms. The summed E-state index contributed by atoms with van der Waals surface area (Å²) in [7, 11) is 1.58. The highest BCUT2D eigenvalue weighted by Crippen LogP contribution is 2.42. The Morgan fingerprint density at radius 2 is 2.00 bits per heavy atom. The number of rotatable bonds is 9. The molecule has 1 saturated heterocycles. The largest absolute Gasteiger partial charge is 0.494 e. The minimum Gasteiger partial charge on any atom is -0.494 e. The summed E-state index contributed by atoms with van der Waals surface area (Å²) in [5.41, 5.74) is -0.425. The number of amides is 2. The van der Waals surface area contributed by atoms with E-state index in [-0.39, 0.29) is 11.8 Å². The number of nitrogens with zero attached hydrogens (tertiary/aromatic N) is 1. The van der Waals surface area contributed by atoms with Crippen molar-refractivity contribution < 1.29 is 23.8 Å². The highest BCUT2D eigenvalue weighted by atomic mass is 16.5. The second-order valence-electron chi connectivity index (χ2n) is 6.25. The lowest BCUT2D eigenvalue weighted by atomic mass is 9.97. The summed E-state index contributed by atoms with van der Waals surface area (Å²) >= 11 is 0. The Morgan fingerprint density at radius 3 is 2.65 bits per heavy atom. The molecule has 0 unspecified atom stereocenters. The quantitative estimate of drug-likeness (QED) is 0.679. The predicted octanol–water partition coefficient (Wildman–Crippen LogP) is 2.13. The second-order valence-corrected chi connectivity index (χ2v) is 6.25. The van der Waals surface area contributed by atoms with Crippen LogP contribution in [-0.2, 0) is 14.3 Å². The molecule has 7 heteroatoms. The summed E-state index contributed by atoms with van der Waals surface area (Å²) in [5, 5.41) is 2.85. The van der Waals surface area contributed by atoms with Gasteiger partial charge in [-0.25, -0.2) is 0 Å². The molecule has 7 nitrogen and oxygen atoms in total. The minimum absolute atomic E-state index is 0.107. The Bertz CT molecular complexity index is 649. The van der Waals surface area contributed by atoms with E-state index in [2.05, 4.69) is 5.32 Å². The Kier molecular flexibility index (Phi) is 6.85. The number of nitrogens with one attached hydrogen (secondary N) is 1. The normalized spacial score (nSPS) is 19.5. The maximum atomic E-state index is 12.8. The van der Waals surface area contributed by atoms with Gasteiger partial charge >= 0.3 is 0 Å². The second kappa shape index (κ2) is 8.89. The maximum absolute atomic E-state index is 12.8. The highest BCUT2D eigenvalue weighted by Gasteiger charge is 2.49. The van der Waals surface area contributed by atoms with Crippen molar-refractivity contribution in [1.29, 1.82) is 0 Å². The van der Waals surface area contributed by atoms with E-state index in [9.17, 15) is 9.59 Å². The fraction of sp³-hybridized carbons (Fsp3) is 0.579. The summed E-state index contributed by atoms with van der Waals surface area (Å²) in [4.78, 5) is 27.0. The van der Waals surface area contributed by atoms with Crippen LogP contribution in [0.15, 0.2) is 18.2 Å². The van der Waals surface area contributed by atoms with E-state index in [1.54, 1.807) is 37.1 Å². The van der Waals surface area contributed by atoms with Crippen LogP contribution in [0.3, 0.4) is 0 Å². The molecule has 1 aromatic carbocycles. The predicted molar refractivity (Wildman–Crippen MR) is 98.8 cm³/mol. The molecule has 0 aromatic heterocycles. The molecule has 0 saturated carbocycles. The minimum atomic E-state index is -0.985. The van der Waals surface area contributed by atoms with Crippen molar-refractivity contribution in [2.24, 2.45) is 0 Å². The molecule has 1 atom stereocenters. The van der Waals surface area contributed by atoms with Crippen molar-refractivity contribution in [3.8, 4) is 11.5 Å². The molecule has 1 fully saturated rings. The van der Waals surface area contributed by atoms with Crippen molar-refractivity contribution in [2.45, 2.75) is 39.2 Å². The van der Waals surface area contributed by atoms with E-state index in [0.29, 0.717) is 56.4 Å². The zero-order valence-corrected chi connectivity index (χ0v) is 16.0. The van der Waals surface area contributed by atoms with E-state index in [4.69, 9.17) is 14.2 Å². The molecule has 0 radical (unpaired) electrons. The van der Waals surface area contributed by atoms with Gasteiger partial charge in [0.25, 0.3) is 0 Å². The molecule has 0 spiro atoms. The summed E-state index contributed by atoms with van der Waals surface area (Å²) in [5.74, 6) is 0.878. The van der Waals surface area contributed by atoms with Crippen molar-refractivity contribution in [1.82, 2.24) is 5.32 Å². The maximum Gasteiger partial charge on any atom is 0.246 e. The molecule has 2 rings (SSSR count). The van der Waals surface area contributed by atoms with Gasteiger partial charge in [0, 0.05) is 26.1 Å². The van der Waals surface area contributed by atoms with E-state index >= 15 is 0 Å². The number of anilines is 1. The SMILES string of the molecule is CCOc1ccc(OCC)c(N2C(=O)CC[C@@]2(C)C(=O)NCCOC)c1. The van der Waals surface area contributed by atoms with Crippen molar-refractivity contribution >= 4 is 17.5 Å². The molecule has 1 aliphatic heterocycles. The first kappa shape index (κ1) is 20.0. The zero-order chi connectivity index (χ0) is 19.2. The lowest BCUT2D eigenvalue weighted by Crippen LogP contribution is -2.55. The Labute approximate surface area is 154 Å². The van der Waals surface area contributed by atoms with Crippen LogP contribution in [0, 0.1) is 0 Å². The zero-order valence-electron chi connectivity index (χ0n) is 16.0. The van der Waals surface area contributed by atoms with Gasteiger partial charge in [0.2, 0.25) is 11.8 Å². The monoisotopic (exact) mass is 364 g/mol. The first-order valence-corrected chi connectivity index (χ1v) is 8.97. The Balaban J connectivity index is 2.40. The summed E-state index contributed by atoms with van der Waals surface area (Å²) < 4.78 is 16.3. The third-order valence-electron chi connectivity index (χ3n) is 4.43. The number of hydrogen-bond donors (Lipinski definition) is 1. The molecule has 144 valence electrons. The van der Waals surface area contributed by atoms with Crippen LogP contribution in [0.25, 0.3) is 0 Å². The number of carbonyl (C=O) groups excluding carboxylic acids is 2.